The van der Waals surface area contributed by atoms with Crippen LogP contribution in [-0.4, -0.2) is 122 Å². The predicted octanol–water partition coefficient (Wildman–Crippen LogP) is 14.8. The number of ether oxygens (including phenoxy) is 8. The standard InChI is InChI=1S/C67H116N4O8.C2H6/c1-60(2)42-56(43-61(3,4)68-60)76-32-22-28-72-52-36-50(37-53(40-52)73-29-23-33-77-57-44-62(5,6)69-63(7,8)45-57)26-20-18-17-19-21-27-51-38-54(74-30-24-34-78-58-46-64(9,10)70-65(11,12)47-58)41-55(39-51)75-31-25-35-79-59-48-66(13,14)71-67(15,16)49-59;1-2/h36-41,56-59,68-71H,17-35,42-49H2,1-16H3;1-2H3. The van der Waals surface area contributed by atoms with Gasteiger partial charge in [-0.15, -0.1) is 0 Å². The summed E-state index contributed by atoms with van der Waals surface area (Å²) in [6.07, 6.45) is 20.2. The Morgan fingerprint density at radius 1 is 0.284 bits per heavy atom. The summed E-state index contributed by atoms with van der Waals surface area (Å²) in [5, 5.41) is 15.1. The molecule has 0 unspecified atom stereocenters. The average molecular weight is 1140 g/mol. The molecule has 4 saturated heterocycles. The Balaban J connectivity index is 0.00000595. The first kappa shape index (κ1) is 69.1. The average Bonchev–Trinajstić information content (AvgIpc) is 3.37. The van der Waals surface area contributed by atoms with Gasteiger partial charge in [0.05, 0.1) is 77.3 Å². The van der Waals surface area contributed by atoms with Crippen LogP contribution < -0.4 is 40.2 Å². The summed E-state index contributed by atoms with van der Waals surface area (Å²) in [5.41, 5.74) is 3.04. The number of nitrogens with one attached hydrogen (secondary N) is 4. The topological polar surface area (TPSA) is 122 Å². The van der Waals surface area contributed by atoms with Gasteiger partial charge in [0.1, 0.15) is 23.0 Å². The zero-order valence-corrected chi connectivity index (χ0v) is 55.1. The maximum Gasteiger partial charge on any atom is 0.123 e. The van der Waals surface area contributed by atoms with E-state index in [9.17, 15) is 0 Å². The second kappa shape index (κ2) is 31.1. The normalized spacial score (nSPS) is 22.1. The highest BCUT2D eigenvalue weighted by Crippen LogP contribution is 2.35. The van der Waals surface area contributed by atoms with Gasteiger partial charge in [-0.05, 0) is 223 Å². The molecule has 0 spiro atoms. The van der Waals surface area contributed by atoms with Crippen molar-refractivity contribution in [2.75, 3.05) is 52.9 Å². The molecule has 0 saturated carbocycles. The summed E-state index contributed by atoms with van der Waals surface area (Å²) >= 11 is 0. The van der Waals surface area contributed by atoms with Crippen molar-refractivity contribution in [3.63, 3.8) is 0 Å². The van der Waals surface area contributed by atoms with Crippen molar-refractivity contribution < 1.29 is 37.9 Å². The van der Waals surface area contributed by atoms with E-state index in [0.717, 1.165) is 126 Å². The Morgan fingerprint density at radius 2 is 0.481 bits per heavy atom. The molecule has 0 aliphatic carbocycles. The smallest absolute Gasteiger partial charge is 0.123 e. The second-order valence-corrected chi connectivity index (χ2v) is 29.9. The molecule has 466 valence electrons. The van der Waals surface area contributed by atoms with Gasteiger partial charge < -0.3 is 59.2 Å². The minimum atomic E-state index is 0.0645. The third kappa shape index (κ3) is 27.1. The first-order valence-corrected chi connectivity index (χ1v) is 32.3. The highest BCUT2D eigenvalue weighted by molar-refractivity contribution is 5.39. The lowest BCUT2D eigenvalue weighted by molar-refractivity contribution is -0.0253. The molecule has 81 heavy (non-hydrogen) atoms. The van der Waals surface area contributed by atoms with E-state index >= 15 is 0 Å². The SMILES string of the molecule is CC.CC1(C)CC(OCCCOc2cc(CCCCCCCc3cc(OCCCOC4CC(C)(C)NC(C)(C)C4)cc(OCCCOC4CC(C)(C)NC(C)(C)C4)c3)cc(OCCCOC3CC(C)(C)NC(C)(C)C3)c2)CC(C)(C)N1. The molecule has 12 heteroatoms. The lowest BCUT2D eigenvalue weighted by Crippen LogP contribution is -2.59. The number of rotatable bonds is 32. The van der Waals surface area contributed by atoms with Crippen LogP contribution in [0.15, 0.2) is 36.4 Å². The monoisotopic (exact) mass is 1130 g/mol. The molecule has 4 aliphatic heterocycles. The van der Waals surface area contributed by atoms with Crippen LogP contribution in [0.4, 0.5) is 0 Å². The van der Waals surface area contributed by atoms with E-state index in [1.165, 1.54) is 30.4 Å². The fourth-order valence-electron chi connectivity index (χ4n) is 14.5. The number of hydrogen-bond acceptors (Lipinski definition) is 12. The Labute approximate surface area is 495 Å². The van der Waals surface area contributed by atoms with Gasteiger partial charge in [-0.3, -0.25) is 0 Å². The van der Waals surface area contributed by atoms with Crippen LogP contribution >= 0.6 is 0 Å². The number of benzene rings is 2. The van der Waals surface area contributed by atoms with E-state index in [1.807, 2.05) is 13.8 Å². The van der Waals surface area contributed by atoms with E-state index in [0.29, 0.717) is 52.9 Å². The van der Waals surface area contributed by atoms with Crippen LogP contribution in [0.1, 0.15) is 245 Å². The molecule has 4 fully saturated rings. The van der Waals surface area contributed by atoms with Gasteiger partial charge in [-0.2, -0.15) is 0 Å². The Hall–Kier alpha value is -2.68. The molecule has 4 heterocycles. The van der Waals surface area contributed by atoms with Gasteiger partial charge >= 0.3 is 0 Å². The number of hydrogen-bond donors (Lipinski definition) is 4. The van der Waals surface area contributed by atoms with Crippen molar-refractivity contribution in [3.05, 3.63) is 47.5 Å². The molecule has 0 aromatic heterocycles. The summed E-state index contributed by atoms with van der Waals surface area (Å²) in [5.74, 6) is 3.50. The highest BCUT2D eigenvalue weighted by Gasteiger charge is 2.41. The maximum absolute atomic E-state index is 6.42. The van der Waals surface area contributed by atoms with Crippen molar-refractivity contribution in [1.82, 2.24) is 21.3 Å². The Morgan fingerprint density at radius 3 is 0.691 bits per heavy atom. The summed E-state index contributed by atoms with van der Waals surface area (Å²) in [4.78, 5) is 0. The lowest BCUT2D eigenvalue weighted by atomic mass is 9.81. The molecule has 4 aliphatic rings. The molecule has 12 nitrogen and oxygen atoms in total. The first-order chi connectivity index (χ1) is 37.9. The third-order valence-electron chi connectivity index (χ3n) is 16.1. The van der Waals surface area contributed by atoms with Crippen LogP contribution in [0, 0.1) is 0 Å². The molecular weight excluding hydrogens is 1010 g/mol. The predicted molar refractivity (Wildman–Crippen MR) is 336 cm³/mol. The van der Waals surface area contributed by atoms with Crippen LogP contribution in [0.25, 0.3) is 0 Å². The summed E-state index contributed by atoms with van der Waals surface area (Å²) < 4.78 is 51.4. The first-order valence-electron chi connectivity index (χ1n) is 32.3. The van der Waals surface area contributed by atoms with Crippen molar-refractivity contribution in [2.24, 2.45) is 0 Å². The maximum atomic E-state index is 6.42. The zero-order chi connectivity index (χ0) is 59.6. The summed E-state index contributed by atoms with van der Waals surface area (Å²) in [7, 11) is 0. The number of unbranched alkanes of at least 4 members (excludes halogenated alkanes) is 4. The Bertz CT molecular complexity index is 1790. The molecular formula is C69H122N4O8. The summed E-state index contributed by atoms with van der Waals surface area (Å²) in [6, 6.07) is 13.0. The van der Waals surface area contributed by atoms with Gasteiger partial charge in [-0.25, -0.2) is 0 Å². The quantitative estimate of drug-likeness (QED) is 0.0522. The van der Waals surface area contributed by atoms with Crippen molar-refractivity contribution >= 4 is 0 Å². The molecule has 0 radical (unpaired) electrons. The Kier molecular flexibility index (Phi) is 26.5. The van der Waals surface area contributed by atoms with Crippen LogP contribution in [0.5, 0.6) is 23.0 Å². The van der Waals surface area contributed by atoms with Crippen LogP contribution in [-0.2, 0) is 31.8 Å². The van der Waals surface area contributed by atoms with E-state index in [1.54, 1.807) is 0 Å². The second-order valence-electron chi connectivity index (χ2n) is 29.9. The van der Waals surface area contributed by atoms with E-state index < -0.39 is 0 Å². The van der Waals surface area contributed by atoms with Crippen molar-refractivity contribution in [1.29, 1.82) is 0 Å². The minimum Gasteiger partial charge on any atom is -0.493 e. The molecule has 6 rings (SSSR count). The molecule has 0 bridgehead atoms. The van der Waals surface area contributed by atoms with Gasteiger partial charge in [0.15, 0.2) is 0 Å². The number of aryl methyl sites for hydroxylation is 2. The summed E-state index contributed by atoms with van der Waals surface area (Å²) in [6.45, 7) is 45.6. The highest BCUT2D eigenvalue weighted by atomic mass is 16.5. The van der Waals surface area contributed by atoms with E-state index in [2.05, 4.69) is 168 Å². The van der Waals surface area contributed by atoms with Crippen LogP contribution in [0.3, 0.4) is 0 Å². The third-order valence-corrected chi connectivity index (χ3v) is 16.1. The van der Waals surface area contributed by atoms with Gasteiger partial charge in [0.25, 0.3) is 0 Å². The lowest BCUT2D eigenvalue weighted by Gasteiger charge is -2.46. The van der Waals surface area contributed by atoms with Gasteiger partial charge in [0.2, 0.25) is 0 Å². The van der Waals surface area contributed by atoms with Crippen molar-refractivity contribution in [2.45, 2.75) is 315 Å². The van der Waals surface area contributed by atoms with Crippen molar-refractivity contribution in [3.8, 4) is 23.0 Å². The van der Waals surface area contributed by atoms with Gasteiger partial charge in [0, 0.05) is 82.1 Å². The largest absolute Gasteiger partial charge is 0.493 e. The fraction of sp³-hybridized carbons (Fsp3) is 0.826. The molecule has 4 N–H and O–H groups in total. The molecule has 0 amide bonds. The number of piperidine rings is 4. The van der Waals surface area contributed by atoms with Crippen LogP contribution in [0.2, 0.25) is 0 Å². The minimum absolute atomic E-state index is 0.0645. The molecule has 2 aromatic carbocycles. The van der Waals surface area contributed by atoms with Gasteiger partial charge in [-0.1, -0.05) is 33.1 Å². The van der Waals surface area contributed by atoms with E-state index in [-0.39, 0.29) is 68.7 Å². The zero-order valence-electron chi connectivity index (χ0n) is 55.1. The molecule has 0 atom stereocenters. The molecule has 2 aromatic rings. The fourth-order valence-corrected chi connectivity index (χ4v) is 14.5. The van der Waals surface area contributed by atoms with E-state index in [4.69, 9.17) is 37.9 Å².